The number of carbonyl (C=O) groups is 1. The van der Waals surface area contributed by atoms with Crippen molar-refractivity contribution in [2.24, 2.45) is 0 Å². The molecule has 0 aliphatic carbocycles. The zero-order valence-electron chi connectivity index (χ0n) is 15.9. The number of para-hydroxylation sites is 1. The van der Waals surface area contributed by atoms with E-state index in [-0.39, 0.29) is 5.91 Å². The first-order valence-corrected chi connectivity index (χ1v) is 11.1. The van der Waals surface area contributed by atoms with Crippen molar-refractivity contribution in [1.29, 1.82) is 0 Å². The SMILES string of the molecule is COP(=O)(OC)C(O)c1ccc(C(=O)N(c2ccccc2)c2ccsc2N)cc1. The number of amides is 1. The third-order valence-electron chi connectivity index (χ3n) is 4.40. The zero-order valence-corrected chi connectivity index (χ0v) is 17.6. The molecular formula is C20H21N2O5PS. The van der Waals surface area contributed by atoms with E-state index in [2.05, 4.69) is 0 Å². The van der Waals surface area contributed by atoms with Crippen LogP contribution in [0.25, 0.3) is 0 Å². The molecule has 0 fully saturated rings. The van der Waals surface area contributed by atoms with Crippen LogP contribution in [0, 0.1) is 0 Å². The maximum atomic E-state index is 13.3. The lowest BCUT2D eigenvalue weighted by atomic mass is 10.1. The van der Waals surface area contributed by atoms with Gasteiger partial charge in [-0.1, -0.05) is 30.3 Å². The minimum Gasteiger partial charge on any atom is -0.389 e. The highest BCUT2D eigenvalue weighted by molar-refractivity contribution is 7.54. The Morgan fingerprint density at radius 3 is 2.21 bits per heavy atom. The minimum atomic E-state index is -3.70. The number of benzene rings is 2. The maximum Gasteiger partial charge on any atom is 0.362 e. The molecule has 9 heteroatoms. The van der Waals surface area contributed by atoms with Gasteiger partial charge in [0.05, 0.1) is 5.69 Å². The average Bonchev–Trinajstić information content (AvgIpc) is 3.19. The van der Waals surface area contributed by atoms with Crippen LogP contribution >= 0.6 is 18.9 Å². The van der Waals surface area contributed by atoms with Crippen LogP contribution in [0.15, 0.2) is 66.0 Å². The molecule has 152 valence electrons. The van der Waals surface area contributed by atoms with Crippen molar-refractivity contribution < 1.29 is 23.5 Å². The van der Waals surface area contributed by atoms with Gasteiger partial charge >= 0.3 is 7.60 Å². The second-order valence-corrected chi connectivity index (χ2v) is 9.29. The van der Waals surface area contributed by atoms with Gasteiger partial charge in [0.1, 0.15) is 5.00 Å². The van der Waals surface area contributed by atoms with Crippen LogP contribution in [0.5, 0.6) is 0 Å². The largest absolute Gasteiger partial charge is 0.389 e. The molecule has 1 amide bonds. The summed E-state index contributed by atoms with van der Waals surface area (Å²) in [6, 6.07) is 17.1. The molecule has 0 spiro atoms. The number of anilines is 3. The van der Waals surface area contributed by atoms with Gasteiger partial charge in [0.25, 0.3) is 5.91 Å². The van der Waals surface area contributed by atoms with Crippen molar-refractivity contribution in [3.63, 3.8) is 0 Å². The molecule has 1 heterocycles. The summed E-state index contributed by atoms with van der Waals surface area (Å²) in [5.74, 6) is -1.75. The Kier molecular flexibility index (Phi) is 6.52. The monoisotopic (exact) mass is 432 g/mol. The Labute approximate surface area is 172 Å². The number of rotatable bonds is 7. The van der Waals surface area contributed by atoms with Gasteiger partial charge in [-0.3, -0.25) is 14.3 Å². The smallest absolute Gasteiger partial charge is 0.362 e. The number of aliphatic hydroxyl groups excluding tert-OH is 1. The Bertz CT molecular complexity index is 1010. The molecule has 3 rings (SSSR count). The van der Waals surface area contributed by atoms with E-state index >= 15 is 0 Å². The molecule has 29 heavy (non-hydrogen) atoms. The van der Waals surface area contributed by atoms with Crippen molar-refractivity contribution in [2.75, 3.05) is 24.9 Å². The third-order valence-corrected chi connectivity index (χ3v) is 7.05. The fourth-order valence-electron chi connectivity index (χ4n) is 2.83. The fraction of sp³-hybridized carbons (Fsp3) is 0.150. The van der Waals surface area contributed by atoms with Gasteiger partial charge in [0.2, 0.25) is 0 Å². The van der Waals surface area contributed by atoms with Crippen molar-refractivity contribution in [3.8, 4) is 0 Å². The van der Waals surface area contributed by atoms with Gasteiger partial charge in [0, 0.05) is 25.5 Å². The predicted molar refractivity (Wildman–Crippen MR) is 115 cm³/mol. The summed E-state index contributed by atoms with van der Waals surface area (Å²) >= 11 is 1.35. The zero-order chi connectivity index (χ0) is 21.0. The maximum absolute atomic E-state index is 13.3. The van der Waals surface area contributed by atoms with Crippen LogP contribution in [-0.2, 0) is 13.6 Å². The summed E-state index contributed by atoms with van der Waals surface area (Å²) in [6.07, 6.45) is 0. The third kappa shape index (κ3) is 4.27. The molecular weight excluding hydrogens is 411 g/mol. The summed E-state index contributed by atoms with van der Waals surface area (Å²) in [7, 11) is -1.30. The Morgan fingerprint density at radius 1 is 1.07 bits per heavy atom. The number of hydrogen-bond acceptors (Lipinski definition) is 7. The minimum absolute atomic E-state index is 0.288. The Morgan fingerprint density at radius 2 is 1.69 bits per heavy atom. The second-order valence-electron chi connectivity index (χ2n) is 6.05. The number of nitrogens with two attached hydrogens (primary N) is 1. The summed E-state index contributed by atoms with van der Waals surface area (Å²) in [5.41, 5.74) is 8.03. The number of aliphatic hydroxyl groups is 1. The highest BCUT2D eigenvalue weighted by Crippen LogP contribution is 2.58. The lowest BCUT2D eigenvalue weighted by molar-refractivity contribution is 0.0999. The van der Waals surface area contributed by atoms with Gasteiger partial charge in [-0.05, 0) is 41.3 Å². The molecule has 7 nitrogen and oxygen atoms in total. The van der Waals surface area contributed by atoms with E-state index in [4.69, 9.17) is 14.8 Å². The molecule has 0 saturated heterocycles. The van der Waals surface area contributed by atoms with Gasteiger partial charge in [-0.15, -0.1) is 11.3 Å². The van der Waals surface area contributed by atoms with Crippen LogP contribution in [0.2, 0.25) is 0 Å². The molecule has 3 N–H and O–H groups in total. The molecule has 2 aromatic carbocycles. The average molecular weight is 432 g/mol. The molecule has 1 unspecified atom stereocenters. The van der Waals surface area contributed by atoms with E-state index < -0.39 is 13.4 Å². The first-order chi connectivity index (χ1) is 13.9. The van der Waals surface area contributed by atoms with E-state index in [0.29, 0.717) is 27.5 Å². The standard InChI is InChI=1S/C20H21N2O5PS/c1-26-28(25,27-2)20(24)15-10-8-14(9-11-15)19(23)22(16-6-4-3-5-7-16)17-12-13-29-18(17)21/h3-13,20,24H,21H2,1-2H3. The number of thiophene rings is 1. The van der Waals surface area contributed by atoms with Gasteiger partial charge in [0.15, 0.2) is 5.85 Å². The van der Waals surface area contributed by atoms with E-state index in [1.807, 2.05) is 35.7 Å². The van der Waals surface area contributed by atoms with Crippen molar-refractivity contribution in [1.82, 2.24) is 0 Å². The summed E-state index contributed by atoms with van der Waals surface area (Å²) in [5, 5.41) is 12.7. The molecule has 0 saturated carbocycles. The van der Waals surface area contributed by atoms with Crippen LogP contribution in [0.3, 0.4) is 0 Å². The Hall–Kier alpha value is -2.48. The van der Waals surface area contributed by atoms with E-state index in [1.165, 1.54) is 42.6 Å². The Balaban J connectivity index is 1.95. The van der Waals surface area contributed by atoms with Crippen molar-refractivity contribution in [2.45, 2.75) is 5.85 Å². The lowest BCUT2D eigenvalue weighted by Crippen LogP contribution is -2.26. The van der Waals surface area contributed by atoms with Crippen LogP contribution in [0.1, 0.15) is 21.8 Å². The normalized spacial score (nSPS) is 12.5. The molecule has 1 atom stereocenters. The second kappa shape index (κ2) is 8.90. The van der Waals surface area contributed by atoms with Crippen LogP contribution in [-0.4, -0.2) is 25.2 Å². The van der Waals surface area contributed by atoms with Crippen LogP contribution in [0.4, 0.5) is 16.4 Å². The molecule has 3 aromatic rings. The van der Waals surface area contributed by atoms with E-state index in [9.17, 15) is 14.5 Å². The van der Waals surface area contributed by atoms with Gasteiger partial charge in [-0.25, -0.2) is 0 Å². The highest BCUT2D eigenvalue weighted by Gasteiger charge is 2.34. The summed E-state index contributed by atoms with van der Waals surface area (Å²) in [4.78, 5) is 14.8. The highest BCUT2D eigenvalue weighted by atomic mass is 32.1. The number of nitrogen functional groups attached to an aromatic ring is 1. The molecule has 0 radical (unpaired) electrons. The van der Waals surface area contributed by atoms with Crippen molar-refractivity contribution >= 4 is 41.2 Å². The van der Waals surface area contributed by atoms with E-state index in [0.717, 1.165) is 0 Å². The number of nitrogens with zero attached hydrogens (tertiary/aromatic N) is 1. The number of carbonyl (C=O) groups excluding carboxylic acids is 1. The molecule has 1 aromatic heterocycles. The van der Waals surface area contributed by atoms with Gasteiger partial charge in [-0.2, -0.15) is 0 Å². The van der Waals surface area contributed by atoms with Gasteiger partial charge < -0.3 is 19.9 Å². The quantitative estimate of drug-likeness (QED) is 0.521. The molecule has 0 bridgehead atoms. The van der Waals surface area contributed by atoms with E-state index in [1.54, 1.807) is 18.2 Å². The predicted octanol–water partition coefficient (Wildman–Crippen LogP) is 4.79. The summed E-state index contributed by atoms with van der Waals surface area (Å²) in [6.45, 7) is 0. The van der Waals surface area contributed by atoms with Crippen molar-refractivity contribution in [3.05, 3.63) is 77.2 Å². The summed E-state index contributed by atoms with van der Waals surface area (Å²) < 4.78 is 22.0. The molecule has 0 aliphatic heterocycles. The lowest BCUT2D eigenvalue weighted by Gasteiger charge is -2.23. The number of hydrogen-bond donors (Lipinski definition) is 2. The first kappa shape index (κ1) is 21.2. The first-order valence-electron chi connectivity index (χ1n) is 8.63. The topological polar surface area (TPSA) is 102 Å². The van der Waals surface area contributed by atoms with Crippen LogP contribution < -0.4 is 10.6 Å². The molecule has 0 aliphatic rings. The fourth-order valence-corrected chi connectivity index (χ4v) is 4.53.